The van der Waals surface area contributed by atoms with Gasteiger partial charge in [-0.3, -0.25) is 9.59 Å². The van der Waals surface area contributed by atoms with Crippen molar-refractivity contribution in [1.29, 1.82) is 0 Å². The number of rotatable bonds is 2. The summed E-state index contributed by atoms with van der Waals surface area (Å²) in [6, 6.07) is -0.371. The monoisotopic (exact) mass is 285 g/mol. The second-order valence-corrected chi connectivity index (χ2v) is 5.13. The lowest BCUT2D eigenvalue weighted by molar-refractivity contribution is -0.172. The van der Waals surface area contributed by atoms with E-state index in [-0.39, 0.29) is 12.0 Å². The summed E-state index contributed by atoms with van der Waals surface area (Å²) in [6.45, 7) is 0.407. The minimum absolute atomic E-state index is 0.101. The summed E-state index contributed by atoms with van der Waals surface area (Å²) in [5.74, 6) is -2.23. The van der Waals surface area contributed by atoms with Gasteiger partial charge in [0.25, 0.3) is 0 Å². The molecule has 1 saturated carbocycles. The lowest BCUT2D eigenvalue weighted by Crippen LogP contribution is -2.63. The molecule has 0 unspecified atom stereocenters. The Bertz CT molecular complexity index is 423. The van der Waals surface area contributed by atoms with Gasteiger partial charge in [0.1, 0.15) is 0 Å². The van der Waals surface area contributed by atoms with Crippen LogP contribution >= 0.6 is 0 Å². The summed E-state index contributed by atoms with van der Waals surface area (Å²) in [5, 5.41) is 0. The maximum absolute atomic E-state index is 12.0. The van der Waals surface area contributed by atoms with Gasteiger partial charge in [0.05, 0.1) is 33.2 Å². The zero-order chi connectivity index (χ0) is 14.9. The number of carbonyl (C=O) groups excluding carboxylic acids is 3. The third kappa shape index (κ3) is 2.21. The van der Waals surface area contributed by atoms with Crippen LogP contribution in [0.3, 0.4) is 0 Å². The summed E-state index contributed by atoms with van der Waals surface area (Å²) >= 11 is 0. The zero-order valence-electron chi connectivity index (χ0n) is 11.8. The van der Waals surface area contributed by atoms with Crippen molar-refractivity contribution in [1.82, 2.24) is 4.90 Å². The predicted molar refractivity (Wildman–Crippen MR) is 66.6 cm³/mol. The van der Waals surface area contributed by atoms with Gasteiger partial charge in [0.15, 0.2) is 0 Å². The molecule has 4 atom stereocenters. The number of methoxy groups -OCH3 is 3. The fraction of sp³-hybridized carbons (Fsp3) is 0.769. The molecule has 1 amide bonds. The van der Waals surface area contributed by atoms with E-state index in [1.165, 1.54) is 26.2 Å². The standard InChI is InChI=1S/C13H19NO6/c1-18-11(15)9-7-4-5-8(10(9)12(16)19-2)14(6-7)13(17)20-3/h7-10H,4-6H2,1-3H3/t7-,8-,9+,10-/m1/s1. The predicted octanol–water partition coefficient (Wildman–Crippen LogP) is 0.425. The molecule has 20 heavy (non-hydrogen) atoms. The summed E-state index contributed by atoms with van der Waals surface area (Å²) in [5.41, 5.74) is 0. The third-order valence-electron chi connectivity index (χ3n) is 4.33. The number of piperidine rings is 2. The summed E-state index contributed by atoms with van der Waals surface area (Å²) in [7, 11) is 3.88. The summed E-state index contributed by atoms with van der Waals surface area (Å²) in [4.78, 5) is 37.3. The van der Waals surface area contributed by atoms with Crippen LogP contribution in [-0.2, 0) is 23.8 Å². The van der Waals surface area contributed by atoms with E-state index in [0.717, 1.165) is 6.42 Å². The largest absolute Gasteiger partial charge is 0.469 e. The molecule has 0 spiro atoms. The lowest BCUT2D eigenvalue weighted by Gasteiger charge is -2.51. The van der Waals surface area contributed by atoms with Crippen molar-refractivity contribution < 1.29 is 28.6 Å². The number of fused-ring (bicyclic) bond motifs is 3. The minimum Gasteiger partial charge on any atom is -0.469 e. The van der Waals surface area contributed by atoms with Crippen molar-refractivity contribution in [3.63, 3.8) is 0 Å². The molecule has 2 heterocycles. The molecule has 3 aliphatic rings. The van der Waals surface area contributed by atoms with Crippen molar-refractivity contribution in [3.05, 3.63) is 0 Å². The van der Waals surface area contributed by atoms with Crippen LogP contribution in [0.25, 0.3) is 0 Å². The van der Waals surface area contributed by atoms with Gasteiger partial charge in [0.2, 0.25) is 0 Å². The summed E-state index contributed by atoms with van der Waals surface area (Å²) in [6.07, 6.45) is 0.968. The molecule has 112 valence electrons. The van der Waals surface area contributed by atoms with E-state index >= 15 is 0 Å². The SMILES string of the molecule is COC(=O)[C@H]1[C@@H]2CC[C@H]([C@H]1C(=O)OC)N(C(=O)OC)C2. The molecule has 1 aliphatic carbocycles. The molecule has 0 aromatic rings. The van der Waals surface area contributed by atoms with E-state index in [0.29, 0.717) is 13.0 Å². The summed E-state index contributed by atoms with van der Waals surface area (Å²) < 4.78 is 14.4. The highest BCUT2D eigenvalue weighted by atomic mass is 16.5. The highest BCUT2D eigenvalue weighted by Crippen LogP contribution is 2.44. The Morgan fingerprint density at radius 2 is 1.50 bits per heavy atom. The van der Waals surface area contributed by atoms with Gasteiger partial charge >= 0.3 is 18.0 Å². The van der Waals surface area contributed by atoms with E-state index < -0.39 is 29.9 Å². The molecule has 2 saturated heterocycles. The normalized spacial score (nSPS) is 31.6. The van der Waals surface area contributed by atoms with Crippen molar-refractivity contribution in [2.24, 2.45) is 17.8 Å². The van der Waals surface area contributed by atoms with Gasteiger partial charge in [-0.25, -0.2) is 4.79 Å². The molecule has 3 rings (SSSR count). The quantitative estimate of drug-likeness (QED) is 0.540. The Labute approximate surface area is 117 Å². The first-order valence-corrected chi connectivity index (χ1v) is 6.55. The van der Waals surface area contributed by atoms with Gasteiger partial charge < -0.3 is 19.1 Å². The Morgan fingerprint density at radius 3 is 2.05 bits per heavy atom. The fourth-order valence-corrected chi connectivity index (χ4v) is 3.46. The number of amides is 1. The average molecular weight is 285 g/mol. The maximum Gasteiger partial charge on any atom is 0.409 e. The van der Waals surface area contributed by atoms with Crippen LogP contribution in [0.15, 0.2) is 0 Å². The smallest absolute Gasteiger partial charge is 0.409 e. The Morgan fingerprint density at radius 1 is 0.900 bits per heavy atom. The molecule has 3 fully saturated rings. The highest BCUT2D eigenvalue weighted by molar-refractivity contribution is 5.84. The first kappa shape index (κ1) is 14.6. The van der Waals surface area contributed by atoms with E-state index in [1.807, 2.05) is 0 Å². The zero-order valence-corrected chi connectivity index (χ0v) is 11.8. The lowest BCUT2D eigenvalue weighted by atomic mass is 9.65. The molecule has 7 heteroatoms. The second-order valence-electron chi connectivity index (χ2n) is 5.13. The van der Waals surface area contributed by atoms with E-state index in [4.69, 9.17) is 14.2 Å². The average Bonchev–Trinajstić information content (AvgIpc) is 2.51. The molecule has 2 bridgehead atoms. The minimum atomic E-state index is -0.681. The molecule has 2 aliphatic heterocycles. The van der Waals surface area contributed by atoms with Gasteiger partial charge in [-0.05, 0) is 18.8 Å². The van der Waals surface area contributed by atoms with Crippen LogP contribution < -0.4 is 0 Å². The van der Waals surface area contributed by atoms with Crippen LogP contribution in [0.2, 0.25) is 0 Å². The number of carbonyl (C=O) groups is 3. The number of esters is 2. The number of ether oxygens (including phenoxy) is 3. The number of nitrogens with zero attached hydrogens (tertiary/aromatic N) is 1. The van der Waals surface area contributed by atoms with Crippen LogP contribution in [0, 0.1) is 17.8 Å². The molecule has 7 nitrogen and oxygen atoms in total. The van der Waals surface area contributed by atoms with Crippen molar-refractivity contribution in [3.8, 4) is 0 Å². The number of hydrogen-bond acceptors (Lipinski definition) is 6. The molecule has 0 N–H and O–H groups in total. The molecular formula is C13H19NO6. The molecular weight excluding hydrogens is 266 g/mol. The first-order chi connectivity index (χ1) is 9.54. The molecule has 0 aromatic carbocycles. The third-order valence-corrected chi connectivity index (χ3v) is 4.33. The van der Waals surface area contributed by atoms with E-state index in [1.54, 1.807) is 0 Å². The van der Waals surface area contributed by atoms with Gasteiger partial charge in [-0.1, -0.05) is 0 Å². The Hall–Kier alpha value is -1.79. The number of hydrogen-bond donors (Lipinski definition) is 0. The van der Waals surface area contributed by atoms with E-state index in [2.05, 4.69) is 0 Å². The van der Waals surface area contributed by atoms with Crippen molar-refractivity contribution >= 4 is 18.0 Å². The van der Waals surface area contributed by atoms with Crippen molar-refractivity contribution in [2.45, 2.75) is 18.9 Å². The Balaban J connectivity index is 2.32. The van der Waals surface area contributed by atoms with Crippen LogP contribution in [0.4, 0.5) is 4.79 Å². The second kappa shape index (κ2) is 5.68. The van der Waals surface area contributed by atoms with Crippen LogP contribution in [-0.4, -0.2) is 56.8 Å². The van der Waals surface area contributed by atoms with Crippen molar-refractivity contribution in [2.75, 3.05) is 27.9 Å². The van der Waals surface area contributed by atoms with Gasteiger partial charge in [0, 0.05) is 12.6 Å². The van der Waals surface area contributed by atoms with Gasteiger partial charge in [-0.2, -0.15) is 0 Å². The van der Waals surface area contributed by atoms with Crippen LogP contribution in [0.1, 0.15) is 12.8 Å². The van der Waals surface area contributed by atoms with Crippen LogP contribution in [0.5, 0.6) is 0 Å². The van der Waals surface area contributed by atoms with E-state index in [9.17, 15) is 14.4 Å². The first-order valence-electron chi connectivity index (χ1n) is 6.55. The fourth-order valence-electron chi connectivity index (χ4n) is 3.46. The highest BCUT2D eigenvalue weighted by Gasteiger charge is 2.56. The Kier molecular flexibility index (Phi) is 4.15. The molecule has 0 radical (unpaired) electrons. The topological polar surface area (TPSA) is 82.1 Å². The molecule has 0 aromatic heterocycles. The maximum atomic E-state index is 12.0. The van der Waals surface area contributed by atoms with Gasteiger partial charge in [-0.15, -0.1) is 0 Å².